The van der Waals surface area contributed by atoms with Crippen molar-refractivity contribution in [3.63, 3.8) is 0 Å². The zero-order chi connectivity index (χ0) is 15.6. The van der Waals surface area contributed by atoms with Gasteiger partial charge in [0.2, 0.25) is 0 Å². The van der Waals surface area contributed by atoms with Crippen molar-refractivity contribution in [2.45, 2.75) is 80.6 Å². The van der Waals surface area contributed by atoms with E-state index in [0.29, 0.717) is 5.41 Å². The summed E-state index contributed by atoms with van der Waals surface area (Å²) in [5.41, 5.74) is 3.57. The summed E-state index contributed by atoms with van der Waals surface area (Å²) >= 11 is 0. The lowest BCUT2D eigenvalue weighted by Crippen LogP contribution is -2.06. The van der Waals surface area contributed by atoms with Crippen LogP contribution in [0.1, 0.15) is 78.9 Å². The van der Waals surface area contributed by atoms with Gasteiger partial charge in [0, 0.05) is 0 Å². The lowest BCUT2D eigenvalue weighted by atomic mass is 9.89. The van der Waals surface area contributed by atoms with Gasteiger partial charge in [-0.15, -0.1) is 0 Å². The molecule has 2 rings (SSSR count). The number of hydrogen-bond acceptors (Lipinski definition) is 0. The van der Waals surface area contributed by atoms with E-state index in [1.807, 2.05) is 27.7 Å². The molecule has 0 heteroatoms. The van der Waals surface area contributed by atoms with Crippen LogP contribution in [0.3, 0.4) is 0 Å². The van der Waals surface area contributed by atoms with E-state index in [2.05, 4.69) is 45.0 Å². The average molecular weight is 277 g/mol. The molecule has 1 aromatic carbocycles. The standard InChI is InChI=1S/C16H24.2C2H6/c1-4-13-5-7-14(8-6-13)11-15-9-10-16(2,3)12-15;2*1-2/h5-8,15H,4,9-12H2,1-3H3;2*1-2H3. The highest BCUT2D eigenvalue weighted by molar-refractivity contribution is 5.23. The molecule has 1 aliphatic carbocycles. The molecule has 0 saturated heterocycles. The number of hydrogen-bond donors (Lipinski definition) is 0. The fraction of sp³-hybridized carbons (Fsp3) is 0.700. The lowest BCUT2D eigenvalue weighted by molar-refractivity contribution is 0.360. The highest BCUT2D eigenvalue weighted by atomic mass is 14.4. The maximum absolute atomic E-state index is 2.41. The molecule has 1 aromatic rings. The van der Waals surface area contributed by atoms with E-state index in [1.54, 1.807) is 0 Å². The third-order valence-corrected chi connectivity index (χ3v) is 4.03. The van der Waals surface area contributed by atoms with E-state index in [0.717, 1.165) is 12.3 Å². The Bertz CT molecular complexity index is 332. The molecule has 0 radical (unpaired) electrons. The van der Waals surface area contributed by atoms with Crippen LogP contribution >= 0.6 is 0 Å². The second-order valence-corrected chi connectivity index (χ2v) is 6.15. The minimum absolute atomic E-state index is 0.591. The van der Waals surface area contributed by atoms with Gasteiger partial charge in [0.25, 0.3) is 0 Å². The van der Waals surface area contributed by atoms with Crippen LogP contribution in [0.5, 0.6) is 0 Å². The lowest BCUT2D eigenvalue weighted by Gasteiger charge is -2.17. The van der Waals surface area contributed by atoms with E-state index in [1.165, 1.54) is 36.8 Å². The Hall–Kier alpha value is -0.780. The number of benzene rings is 1. The molecule has 0 N–H and O–H groups in total. The minimum atomic E-state index is 0.591. The molecule has 116 valence electrons. The number of rotatable bonds is 3. The molecule has 0 nitrogen and oxygen atoms in total. The first-order valence-corrected chi connectivity index (χ1v) is 8.67. The highest BCUT2D eigenvalue weighted by Crippen LogP contribution is 2.42. The van der Waals surface area contributed by atoms with Crippen LogP contribution in [-0.2, 0) is 12.8 Å². The van der Waals surface area contributed by atoms with E-state index in [9.17, 15) is 0 Å². The van der Waals surface area contributed by atoms with Crippen LogP contribution in [-0.4, -0.2) is 0 Å². The zero-order valence-corrected chi connectivity index (χ0v) is 14.9. The molecule has 1 saturated carbocycles. The summed E-state index contributed by atoms with van der Waals surface area (Å²) in [6.07, 6.45) is 6.67. The fourth-order valence-electron chi connectivity index (χ4n) is 3.00. The molecule has 0 heterocycles. The normalized spacial score (nSPS) is 19.4. The summed E-state index contributed by atoms with van der Waals surface area (Å²) in [5, 5.41) is 0. The molecule has 0 aromatic heterocycles. The van der Waals surface area contributed by atoms with Gasteiger partial charge in [0.1, 0.15) is 0 Å². The first-order chi connectivity index (χ1) is 9.59. The summed E-state index contributed by atoms with van der Waals surface area (Å²) in [6, 6.07) is 9.22. The van der Waals surface area contributed by atoms with E-state index in [4.69, 9.17) is 0 Å². The summed E-state index contributed by atoms with van der Waals surface area (Å²) in [6.45, 7) is 15.0. The van der Waals surface area contributed by atoms with Crippen molar-refractivity contribution in [3.8, 4) is 0 Å². The molecule has 20 heavy (non-hydrogen) atoms. The first-order valence-electron chi connectivity index (χ1n) is 8.67. The van der Waals surface area contributed by atoms with Gasteiger partial charge in [-0.05, 0) is 54.6 Å². The van der Waals surface area contributed by atoms with Crippen molar-refractivity contribution < 1.29 is 0 Å². The fourth-order valence-corrected chi connectivity index (χ4v) is 3.00. The Labute approximate surface area is 128 Å². The molecule has 1 fully saturated rings. The van der Waals surface area contributed by atoms with Crippen molar-refractivity contribution in [1.29, 1.82) is 0 Å². The monoisotopic (exact) mass is 276 g/mol. The van der Waals surface area contributed by atoms with E-state index < -0.39 is 0 Å². The Kier molecular flexibility index (Phi) is 9.63. The van der Waals surface area contributed by atoms with E-state index >= 15 is 0 Å². The van der Waals surface area contributed by atoms with Crippen molar-refractivity contribution >= 4 is 0 Å². The maximum Gasteiger partial charge on any atom is -0.0250 e. The Morgan fingerprint density at radius 1 is 0.950 bits per heavy atom. The van der Waals surface area contributed by atoms with Gasteiger partial charge in [-0.25, -0.2) is 0 Å². The second kappa shape index (κ2) is 10.0. The Morgan fingerprint density at radius 2 is 1.45 bits per heavy atom. The van der Waals surface area contributed by atoms with Crippen molar-refractivity contribution in [3.05, 3.63) is 35.4 Å². The molecule has 1 unspecified atom stereocenters. The summed E-state index contributed by atoms with van der Waals surface area (Å²) in [5.74, 6) is 0.919. The topological polar surface area (TPSA) is 0 Å². The van der Waals surface area contributed by atoms with Crippen molar-refractivity contribution in [1.82, 2.24) is 0 Å². The van der Waals surface area contributed by atoms with Crippen LogP contribution in [0.4, 0.5) is 0 Å². The molecule has 0 bridgehead atoms. The molecule has 0 spiro atoms. The Balaban J connectivity index is 0.000000829. The van der Waals surface area contributed by atoms with Gasteiger partial charge >= 0.3 is 0 Å². The van der Waals surface area contributed by atoms with Crippen LogP contribution in [0.15, 0.2) is 24.3 Å². The van der Waals surface area contributed by atoms with Crippen LogP contribution in [0, 0.1) is 11.3 Å². The largest absolute Gasteiger partial charge is 0.0683 e. The molecular formula is C20H36. The summed E-state index contributed by atoms with van der Waals surface area (Å²) in [4.78, 5) is 0. The zero-order valence-electron chi connectivity index (χ0n) is 14.9. The van der Waals surface area contributed by atoms with Crippen LogP contribution in [0.2, 0.25) is 0 Å². The third-order valence-electron chi connectivity index (χ3n) is 4.03. The Morgan fingerprint density at radius 3 is 1.85 bits per heavy atom. The van der Waals surface area contributed by atoms with Crippen LogP contribution < -0.4 is 0 Å². The van der Waals surface area contributed by atoms with Gasteiger partial charge in [-0.1, -0.05) is 72.7 Å². The molecule has 0 aliphatic heterocycles. The smallest absolute Gasteiger partial charge is 0.0250 e. The molecule has 1 atom stereocenters. The second-order valence-electron chi connectivity index (χ2n) is 6.15. The molecular weight excluding hydrogens is 240 g/mol. The quantitative estimate of drug-likeness (QED) is 0.578. The minimum Gasteiger partial charge on any atom is -0.0683 e. The SMILES string of the molecule is CC.CC.CCc1ccc(CC2CCC(C)(C)C2)cc1. The predicted molar refractivity (Wildman–Crippen MR) is 93.3 cm³/mol. The van der Waals surface area contributed by atoms with Gasteiger partial charge in [0.05, 0.1) is 0 Å². The number of aryl methyl sites for hydroxylation is 1. The maximum atomic E-state index is 2.41. The first kappa shape index (κ1) is 19.2. The predicted octanol–water partition coefficient (Wildman–Crippen LogP) is 6.67. The summed E-state index contributed by atoms with van der Waals surface area (Å²) in [7, 11) is 0. The van der Waals surface area contributed by atoms with Crippen molar-refractivity contribution in [2.24, 2.45) is 11.3 Å². The van der Waals surface area contributed by atoms with Gasteiger partial charge < -0.3 is 0 Å². The van der Waals surface area contributed by atoms with Gasteiger partial charge in [-0.3, -0.25) is 0 Å². The average Bonchev–Trinajstić information content (AvgIpc) is 2.83. The van der Waals surface area contributed by atoms with Crippen molar-refractivity contribution in [2.75, 3.05) is 0 Å². The van der Waals surface area contributed by atoms with E-state index in [-0.39, 0.29) is 0 Å². The summed E-state index contributed by atoms with van der Waals surface area (Å²) < 4.78 is 0. The van der Waals surface area contributed by atoms with Crippen LogP contribution in [0.25, 0.3) is 0 Å². The highest BCUT2D eigenvalue weighted by Gasteiger charge is 2.30. The third kappa shape index (κ3) is 6.59. The van der Waals surface area contributed by atoms with Gasteiger partial charge in [0.15, 0.2) is 0 Å². The molecule has 0 amide bonds. The molecule has 1 aliphatic rings. The van der Waals surface area contributed by atoms with Gasteiger partial charge in [-0.2, -0.15) is 0 Å².